The van der Waals surface area contributed by atoms with Crippen LogP contribution >= 0.6 is 0 Å². The van der Waals surface area contributed by atoms with Crippen LogP contribution in [0.4, 0.5) is 5.82 Å². The normalized spacial score (nSPS) is 17.7. The van der Waals surface area contributed by atoms with Crippen molar-refractivity contribution in [2.24, 2.45) is 0 Å². The van der Waals surface area contributed by atoms with Crippen LogP contribution in [0.1, 0.15) is 35.4 Å². The molecule has 2 aliphatic rings. The van der Waals surface area contributed by atoms with Gasteiger partial charge in [0.25, 0.3) is 5.91 Å². The molecular weight excluding hydrogens is 280 g/mol. The molecule has 1 saturated carbocycles. The molecule has 0 atom stereocenters. The van der Waals surface area contributed by atoms with Gasteiger partial charge in [0.05, 0.1) is 18.4 Å². The van der Waals surface area contributed by atoms with Gasteiger partial charge in [-0.05, 0) is 25.3 Å². The second-order valence-corrected chi connectivity index (χ2v) is 5.83. The summed E-state index contributed by atoms with van der Waals surface area (Å²) in [6.45, 7) is 2.43. The summed E-state index contributed by atoms with van der Waals surface area (Å²) in [6, 6.07) is 2.25. The molecule has 3 heterocycles. The van der Waals surface area contributed by atoms with Crippen LogP contribution in [0.2, 0.25) is 0 Å². The molecule has 114 valence electrons. The summed E-state index contributed by atoms with van der Waals surface area (Å²) in [5.41, 5.74) is 1.56. The third-order valence-corrected chi connectivity index (χ3v) is 4.03. The molecule has 1 fully saturated rings. The van der Waals surface area contributed by atoms with E-state index in [0.717, 1.165) is 43.9 Å². The SMILES string of the molecule is O=C(NC1CC1)c1cc2n(n1)CCCN(c1cnccn1)C2. The van der Waals surface area contributed by atoms with Gasteiger partial charge in [-0.25, -0.2) is 4.98 Å². The Morgan fingerprint density at radius 3 is 2.95 bits per heavy atom. The molecule has 1 N–H and O–H groups in total. The zero-order chi connectivity index (χ0) is 14.9. The zero-order valence-electron chi connectivity index (χ0n) is 12.3. The Kier molecular flexibility index (Phi) is 3.25. The Hall–Kier alpha value is -2.44. The number of fused-ring (bicyclic) bond motifs is 1. The quantitative estimate of drug-likeness (QED) is 0.914. The molecule has 0 unspecified atom stereocenters. The molecule has 0 saturated heterocycles. The summed E-state index contributed by atoms with van der Waals surface area (Å²) in [5, 5.41) is 7.45. The minimum Gasteiger partial charge on any atom is -0.349 e. The molecule has 0 aromatic carbocycles. The first-order valence-electron chi connectivity index (χ1n) is 7.68. The van der Waals surface area contributed by atoms with Gasteiger partial charge >= 0.3 is 0 Å². The molecule has 0 bridgehead atoms. The fourth-order valence-electron chi connectivity index (χ4n) is 2.71. The minimum atomic E-state index is -0.0610. The number of aromatic nitrogens is 4. The van der Waals surface area contributed by atoms with Gasteiger partial charge < -0.3 is 10.2 Å². The van der Waals surface area contributed by atoms with Gasteiger partial charge in [0, 0.05) is 31.5 Å². The van der Waals surface area contributed by atoms with Crippen molar-refractivity contribution in [3.63, 3.8) is 0 Å². The topological polar surface area (TPSA) is 75.9 Å². The van der Waals surface area contributed by atoms with Gasteiger partial charge in [-0.3, -0.25) is 14.5 Å². The summed E-state index contributed by atoms with van der Waals surface area (Å²) >= 11 is 0. The maximum Gasteiger partial charge on any atom is 0.272 e. The molecule has 1 amide bonds. The van der Waals surface area contributed by atoms with E-state index in [-0.39, 0.29) is 5.91 Å². The lowest BCUT2D eigenvalue weighted by molar-refractivity contribution is 0.0945. The molecule has 22 heavy (non-hydrogen) atoms. The predicted molar refractivity (Wildman–Crippen MR) is 80.4 cm³/mol. The Balaban J connectivity index is 1.55. The number of aryl methyl sites for hydroxylation is 1. The molecule has 2 aromatic rings. The lowest BCUT2D eigenvalue weighted by atomic mass is 10.3. The first-order valence-corrected chi connectivity index (χ1v) is 7.68. The molecule has 1 aliphatic carbocycles. The van der Waals surface area contributed by atoms with Crippen LogP contribution in [-0.2, 0) is 13.1 Å². The van der Waals surface area contributed by atoms with E-state index in [4.69, 9.17) is 0 Å². The first-order chi connectivity index (χ1) is 10.8. The fraction of sp³-hybridized carbons (Fsp3) is 0.467. The Bertz CT molecular complexity index is 679. The van der Waals surface area contributed by atoms with Crippen LogP contribution < -0.4 is 10.2 Å². The predicted octanol–water partition coefficient (Wildman–Crippen LogP) is 0.976. The van der Waals surface area contributed by atoms with Crippen LogP contribution in [0.3, 0.4) is 0 Å². The molecule has 0 spiro atoms. The van der Waals surface area contributed by atoms with Gasteiger partial charge in [0.1, 0.15) is 5.82 Å². The highest BCUT2D eigenvalue weighted by Gasteiger charge is 2.26. The summed E-state index contributed by atoms with van der Waals surface area (Å²) in [4.78, 5) is 22.8. The maximum atomic E-state index is 12.1. The van der Waals surface area contributed by atoms with E-state index in [0.29, 0.717) is 18.3 Å². The Labute approximate surface area is 128 Å². The lowest BCUT2D eigenvalue weighted by Crippen LogP contribution is -2.26. The Morgan fingerprint density at radius 2 is 2.18 bits per heavy atom. The third-order valence-electron chi connectivity index (χ3n) is 4.03. The van der Waals surface area contributed by atoms with Crippen molar-refractivity contribution in [2.75, 3.05) is 11.4 Å². The number of nitrogens with one attached hydrogen (secondary N) is 1. The minimum absolute atomic E-state index is 0.0610. The second kappa shape index (κ2) is 5.40. The number of amides is 1. The van der Waals surface area contributed by atoms with Crippen molar-refractivity contribution >= 4 is 11.7 Å². The molecule has 4 rings (SSSR count). The highest BCUT2D eigenvalue weighted by atomic mass is 16.2. The highest BCUT2D eigenvalue weighted by molar-refractivity contribution is 5.92. The molecule has 0 radical (unpaired) electrons. The van der Waals surface area contributed by atoms with Crippen molar-refractivity contribution in [1.82, 2.24) is 25.1 Å². The number of nitrogens with zero attached hydrogens (tertiary/aromatic N) is 5. The first kappa shape index (κ1) is 13.2. The summed E-state index contributed by atoms with van der Waals surface area (Å²) < 4.78 is 1.94. The van der Waals surface area contributed by atoms with Gasteiger partial charge in [-0.2, -0.15) is 5.10 Å². The number of carbonyl (C=O) groups excluding carboxylic acids is 1. The molecule has 7 heteroatoms. The number of anilines is 1. The van der Waals surface area contributed by atoms with Gasteiger partial charge in [-0.15, -0.1) is 0 Å². The molecule has 1 aliphatic heterocycles. The number of hydrogen-bond donors (Lipinski definition) is 1. The standard InChI is InChI=1S/C15H18N6O/c22-15(18-11-2-3-11)13-8-12-10-20(6-1-7-21(12)19-13)14-9-16-4-5-17-14/h4-5,8-9,11H,1-3,6-7,10H2,(H,18,22). The van der Waals surface area contributed by atoms with Crippen LogP contribution in [0.25, 0.3) is 0 Å². The van der Waals surface area contributed by atoms with E-state index >= 15 is 0 Å². The van der Waals surface area contributed by atoms with Crippen molar-refractivity contribution in [2.45, 2.75) is 38.4 Å². The summed E-state index contributed by atoms with van der Waals surface area (Å²) in [6.07, 6.45) is 8.28. The fourth-order valence-corrected chi connectivity index (χ4v) is 2.71. The largest absolute Gasteiger partial charge is 0.349 e. The molecule has 7 nitrogen and oxygen atoms in total. The number of hydrogen-bond acceptors (Lipinski definition) is 5. The van der Waals surface area contributed by atoms with Crippen LogP contribution in [0.15, 0.2) is 24.7 Å². The average molecular weight is 298 g/mol. The van der Waals surface area contributed by atoms with Crippen LogP contribution in [0, 0.1) is 0 Å². The number of carbonyl (C=O) groups is 1. The van der Waals surface area contributed by atoms with E-state index in [1.165, 1.54) is 0 Å². The van der Waals surface area contributed by atoms with Gasteiger partial charge in [-0.1, -0.05) is 0 Å². The summed E-state index contributed by atoms with van der Waals surface area (Å²) in [5.74, 6) is 0.801. The van der Waals surface area contributed by atoms with Crippen LogP contribution in [0.5, 0.6) is 0 Å². The van der Waals surface area contributed by atoms with Gasteiger partial charge in [0.15, 0.2) is 5.69 Å². The van der Waals surface area contributed by atoms with Crippen LogP contribution in [-0.4, -0.2) is 38.2 Å². The van der Waals surface area contributed by atoms with E-state index < -0.39 is 0 Å². The van der Waals surface area contributed by atoms with Crippen molar-refractivity contribution in [1.29, 1.82) is 0 Å². The smallest absolute Gasteiger partial charge is 0.272 e. The van der Waals surface area contributed by atoms with Crippen molar-refractivity contribution in [3.8, 4) is 0 Å². The van der Waals surface area contributed by atoms with E-state index in [2.05, 4.69) is 25.3 Å². The summed E-state index contributed by atoms with van der Waals surface area (Å²) in [7, 11) is 0. The van der Waals surface area contributed by atoms with Gasteiger partial charge in [0.2, 0.25) is 0 Å². The molecule has 2 aromatic heterocycles. The van der Waals surface area contributed by atoms with E-state index in [9.17, 15) is 4.79 Å². The maximum absolute atomic E-state index is 12.1. The van der Waals surface area contributed by atoms with Crippen molar-refractivity contribution in [3.05, 3.63) is 36.0 Å². The monoisotopic (exact) mass is 298 g/mol. The second-order valence-electron chi connectivity index (χ2n) is 5.83. The van der Waals surface area contributed by atoms with E-state index in [1.54, 1.807) is 18.6 Å². The highest BCUT2D eigenvalue weighted by Crippen LogP contribution is 2.21. The third kappa shape index (κ3) is 2.66. The zero-order valence-corrected chi connectivity index (χ0v) is 12.3. The molecular formula is C15H18N6O. The Morgan fingerprint density at radius 1 is 1.27 bits per heavy atom. The average Bonchev–Trinajstić information content (AvgIpc) is 3.30. The number of rotatable bonds is 3. The lowest BCUT2D eigenvalue weighted by Gasteiger charge is -2.20. The van der Waals surface area contributed by atoms with E-state index in [1.807, 2.05) is 10.7 Å². The van der Waals surface area contributed by atoms with Crippen molar-refractivity contribution < 1.29 is 4.79 Å².